The largest absolute Gasteiger partial charge is 0.443 e. The van der Waals surface area contributed by atoms with Gasteiger partial charge in [-0.15, -0.1) is 11.8 Å². The minimum atomic E-state index is 0.0230. The summed E-state index contributed by atoms with van der Waals surface area (Å²) >= 11 is 1.97. The molecule has 0 N–H and O–H groups in total. The number of rotatable bonds is 2. The van der Waals surface area contributed by atoms with E-state index in [1.807, 2.05) is 18.7 Å². The van der Waals surface area contributed by atoms with E-state index in [9.17, 15) is 0 Å². The predicted octanol–water partition coefficient (Wildman–Crippen LogP) is 9.15. The zero-order chi connectivity index (χ0) is 24.5. The molecule has 0 radical (unpaired) electrons. The predicted molar refractivity (Wildman–Crippen MR) is 151 cm³/mol. The van der Waals surface area contributed by atoms with Gasteiger partial charge in [-0.3, -0.25) is 0 Å². The van der Waals surface area contributed by atoms with Gasteiger partial charge in [0.2, 0.25) is 5.71 Å². The maximum absolute atomic E-state index is 6.23. The van der Waals surface area contributed by atoms with Gasteiger partial charge in [0.05, 0.1) is 11.1 Å². The van der Waals surface area contributed by atoms with Gasteiger partial charge in [-0.2, -0.15) is 0 Å². The molecule has 0 saturated carbocycles. The molecule has 176 valence electrons. The topological polar surface area (TPSA) is 26.0 Å². The van der Waals surface area contributed by atoms with E-state index in [2.05, 4.69) is 101 Å². The highest BCUT2D eigenvalue weighted by Gasteiger charge is 2.33. The second kappa shape index (κ2) is 7.99. The number of hydrogen-bond donors (Lipinski definition) is 0. The van der Waals surface area contributed by atoms with Crippen LogP contribution in [0.25, 0.3) is 38.0 Å². The lowest BCUT2D eigenvalue weighted by atomic mass is 9.82. The Morgan fingerprint density at radius 1 is 0.943 bits per heavy atom. The molecular weight excluding hydrogens is 446 g/mol. The Labute approximate surface area is 211 Å². The van der Waals surface area contributed by atoms with Crippen molar-refractivity contribution in [3.8, 4) is 11.3 Å². The molecule has 2 aromatic heterocycles. The van der Waals surface area contributed by atoms with Crippen molar-refractivity contribution in [2.24, 2.45) is 5.92 Å². The van der Waals surface area contributed by atoms with Gasteiger partial charge in [-0.1, -0.05) is 74.9 Å². The minimum absolute atomic E-state index is 0.0230. The van der Waals surface area contributed by atoms with Gasteiger partial charge in [0.15, 0.2) is 0 Å². The summed E-state index contributed by atoms with van der Waals surface area (Å²) in [6.07, 6.45) is 9.02. The minimum Gasteiger partial charge on any atom is -0.443 e. The summed E-state index contributed by atoms with van der Waals surface area (Å²) in [5.41, 5.74) is 8.09. The van der Waals surface area contributed by atoms with Crippen molar-refractivity contribution in [1.29, 1.82) is 0 Å². The summed E-state index contributed by atoms with van der Waals surface area (Å²) in [5, 5.41) is 4.17. The van der Waals surface area contributed by atoms with Crippen LogP contribution in [0.5, 0.6) is 0 Å². The molecule has 0 amide bonds. The SMILES string of the molecule is CC1=C(c2cc(-c3cc(C(C)(C)C)c4ccccc4c3)nc3oc(C)c(C)c23)SC2C=CC=CC12. The first-order chi connectivity index (χ1) is 16.7. The molecule has 0 saturated heterocycles. The van der Waals surface area contributed by atoms with E-state index in [-0.39, 0.29) is 5.41 Å². The van der Waals surface area contributed by atoms with Crippen molar-refractivity contribution >= 4 is 38.5 Å². The van der Waals surface area contributed by atoms with Gasteiger partial charge < -0.3 is 4.42 Å². The molecule has 3 heteroatoms. The molecule has 0 fully saturated rings. The van der Waals surface area contributed by atoms with Crippen LogP contribution in [-0.2, 0) is 5.41 Å². The maximum atomic E-state index is 6.23. The Bertz CT molecular complexity index is 1590. The molecule has 1 aliphatic heterocycles. The molecule has 0 bridgehead atoms. The summed E-state index contributed by atoms with van der Waals surface area (Å²) in [6.45, 7) is 13.3. The highest BCUT2D eigenvalue weighted by Crippen LogP contribution is 2.51. The number of nitrogens with zero attached hydrogens (tertiary/aromatic N) is 1. The highest BCUT2D eigenvalue weighted by atomic mass is 32.2. The smallest absolute Gasteiger partial charge is 0.227 e. The van der Waals surface area contributed by atoms with Gasteiger partial charge in [0.25, 0.3) is 0 Å². The average Bonchev–Trinajstić information content (AvgIpc) is 3.33. The van der Waals surface area contributed by atoms with Crippen LogP contribution in [0.1, 0.15) is 50.1 Å². The molecule has 2 nitrogen and oxygen atoms in total. The molecule has 1 aliphatic carbocycles. The second-order valence-electron chi connectivity index (χ2n) is 10.9. The number of aromatic nitrogens is 1. The van der Waals surface area contributed by atoms with E-state index in [0.29, 0.717) is 11.2 Å². The first-order valence-corrected chi connectivity index (χ1v) is 13.3. The second-order valence-corrected chi connectivity index (χ2v) is 12.1. The number of benzene rings is 2. The fourth-order valence-electron chi connectivity index (χ4n) is 5.51. The van der Waals surface area contributed by atoms with Gasteiger partial charge >= 0.3 is 0 Å². The molecule has 3 heterocycles. The van der Waals surface area contributed by atoms with E-state index in [0.717, 1.165) is 28.1 Å². The Morgan fingerprint density at radius 2 is 1.71 bits per heavy atom. The molecule has 35 heavy (non-hydrogen) atoms. The normalized spacial score (nSPS) is 19.8. The third-order valence-electron chi connectivity index (χ3n) is 7.55. The Balaban J connectivity index is 1.62. The van der Waals surface area contributed by atoms with Crippen molar-refractivity contribution in [1.82, 2.24) is 4.98 Å². The summed E-state index contributed by atoms with van der Waals surface area (Å²) in [7, 11) is 0. The molecule has 2 unspecified atom stereocenters. The third kappa shape index (κ3) is 3.60. The Kier molecular flexibility index (Phi) is 5.12. The molecule has 2 atom stereocenters. The van der Waals surface area contributed by atoms with Gasteiger partial charge in [-0.25, -0.2) is 4.98 Å². The molecule has 2 aliphatic rings. The van der Waals surface area contributed by atoms with Crippen LogP contribution in [0.2, 0.25) is 0 Å². The molecule has 0 spiro atoms. The number of allylic oxidation sites excluding steroid dienone is 4. The average molecular weight is 478 g/mol. The number of pyridine rings is 1. The lowest BCUT2D eigenvalue weighted by Gasteiger charge is -2.23. The quantitative estimate of drug-likeness (QED) is 0.288. The van der Waals surface area contributed by atoms with E-state index in [4.69, 9.17) is 9.40 Å². The van der Waals surface area contributed by atoms with Gasteiger partial charge in [0.1, 0.15) is 5.76 Å². The summed E-state index contributed by atoms with van der Waals surface area (Å²) < 4.78 is 6.23. The number of fused-ring (bicyclic) bond motifs is 3. The standard InChI is InChI=1S/C32H31NOS/c1-18-20(3)34-31-29(18)25(30-19(2)23-12-9-10-14-28(23)35-30)17-27(33-31)22-15-21-11-7-8-13-24(21)26(16-22)32(4,5)6/h7-17,23,28H,1-6H3. The van der Waals surface area contributed by atoms with Gasteiger partial charge in [-0.05, 0) is 60.7 Å². The zero-order valence-corrected chi connectivity index (χ0v) is 22.1. The molecular formula is C32H31NOS. The van der Waals surface area contributed by atoms with Crippen LogP contribution in [-0.4, -0.2) is 10.2 Å². The van der Waals surface area contributed by atoms with Crippen LogP contribution in [0.3, 0.4) is 0 Å². The summed E-state index contributed by atoms with van der Waals surface area (Å²) in [4.78, 5) is 6.44. The highest BCUT2D eigenvalue weighted by molar-refractivity contribution is 8.09. The zero-order valence-electron chi connectivity index (χ0n) is 21.3. The van der Waals surface area contributed by atoms with E-state index in [1.165, 1.54) is 37.9 Å². The lowest BCUT2D eigenvalue weighted by Crippen LogP contribution is -2.12. The van der Waals surface area contributed by atoms with Crippen molar-refractivity contribution in [2.75, 3.05) is 0 Å². The van der Waals surface area contributed by atoms with Crippen molar-refractivity contribution in [3.05, 3.63) is 94.8 Å². The molecule has 6 rings (SSSR count). The van der Waals surface area contributed by atoms with Crippen LogP contribution in [0.4, 0.5) is 0 Å². The van der Waals surface area contributed by atoms with Crippen LogP contribution in [0, 0.1) is 19.8 Å². The Morgan fingerprint density at radius 3 is 2.49 bits per heavy atom. The van der Waals surface area contributed by atoms with Crippen LogP contribution < -0.4 is 0 Å². The van der Waals surface area contributed by atoms with Crippen LogP contribution >= 0.6 is 11.8 Å². The van der Waals surface area contributed by atoms with Crippen LogP contribution in [0.15, 0.2) is 76.8 Å². The molecule has 4 aromatic rings. The van der Waals surface area contributed by atoms with Crippen molar-refractivity contribution in [2.45, 2.75) is 52.2 Å². The van der Waals surface area contributed by atoms with E-state index in [1.54, 1.807) is 0 Å². The fraction of sp³-hybridized carbons (Fsp3) is 0.281. The monoisotopic (exact) mass is 477 g/mol. The summed E-state index contributed by atoms with van der Waals surface area (Å²) in [6, 6.07) is 15.6. The first kappa shape index (κ1) is 22.4. The van der Waals surface area contributed by atoms with Crippen molar-refractivity contribution < 1.29 is 4.42 Å². The van der Waals surface area contributed by atoms with E-state index >= 15 is 0 Å². The van der Waals surface area contributed by atoms with E-state index < -0.39 is 0 Å². The maximum Gasteiger partial charge on any atom is 0.227 e. The number of thioether (sulfide) groups is 1. The van der Waals surface area contributed by atoms with Crippen molar-refractivity contribution in [3.63, 3.8) is 0 Å². The third-order valence-corrected chi connectivity index (χ3v) is 9.05. The number of hydrogen-bond acceptors (Lipinski definition) is 3. The Hall–Kier alpha value is -3.04. The fourth-order valence-corrected chi connectivity index (χ4v) is 7.00. The van der Waals surface area contributed by atoms with Gasteiger partial charge in [0, 0.05) is 32.8 Å². The summed E-state index contributed by atoms with van der Waals surface area (Å²) in [5.74, 6) is 1.39. The lowest BCUT2D eigenvalue weighted by molar-refractivity contribution is 0.564. The number of furan rings is 1. The molecule has 2 aromatic carbocycles. The number of aryl methyl sites for hydroxylation is 2. The first-order valence-electron chi connectivity index (χ1n) is 12.4.